The zero-order valence-corrected chi connectivity index (χ0v) is 19.4. The van der Waals surface area contributed by atoms with E-state index >= 15 is 0 Å². The Morgan fingerprint density at radius 1 is 1.31 bits per heavy atom. The molecule has 1 aromatic heterocycles. The molecular weight excluding hydrogens is 422 g/mol. The molecule has 0 unspecified atom stereocenters. The minimum absolute atomic E-state index is 0.0662. The van der Waals surface area contributed by atoms with E-state index in [0.29, 0.717) is 23.2 Å². The van der Waals surface area contributed by atoms with Crippen LogP contribution in [0.4, 0.5) is 5.69 Å². The number of fused-ring (bicyclic) bond motifs is 3. The molecule has 2 bridgehead atoms. The number of hydrogen-bond donors (Lipinski definition) is 2. The number of piperidine rings is 1. The average molecular weight is 452 g/mol. The third-order valence-corrected chi connectivity index (χ3v) is 8.84. The number of thiophene rings is 1. The van der Waals surface area contributed by atoms with Crippen LogP contribution in [0, 0.1) is 16.7 Å². The molecule has 0 radical (unpaired) electrons. The van der Waals surface area contributed by atoms with Crippen molar-refractivity contribution in [1.29, 1.82) is 5.26 Å². The molecule has 2 aromatic rings. The molecule has 7 heteroatoms. The zero-order chi connectivity index (χ0) is 22.6. The average Bonchev–Trinajstić information content (AvgIpc) is 3.26. The first-order chi connectivity index (χ1) is 15.3. The van der Waals surface area contributed by atoms with Gasteiger partial charge < -0.3 is 14.8 Å². The van der Waals surface area contributed by atoms with Crippen molar-refractivity contribution in [2.75, 3.05) is 4.90 Å². The summed E-state index contributed by atoms with van der Waals surface area (Å²) in [5, 5.41) is 19.8. The van der Waals surface area contributed by atoms with E-state index < -0.39 is 5.97 Å². The summed E-state index contributed by atoms with van der Waals surface area (Å²) in [5.41, 5.74) is 3.98. The molecule has 3 heterocycles. The molecule has 2 aliphatic heterocycles. The number of benzene rings is 1. The van der Waals surface area contributed by atoms with Gasteiger partial charge in [0.15, 0.2) is 0 Å². The Balaban J connectivity index is 1.66. The van der Waals surface area contributed by atoms with E-state index in [4.69, 9.17) is 10.7 Å². The lowest BCUT2D eigenvalue weighted by Gasteiger charge is -2.40. The summed E-state index contributed by atoms with van der Waals surface area (Å²) >= 11 is 1.61. The third-order valence-electron chi connectivity index (χ3n) is 7.52. The van der Waals surface area contributed by atoms with Crippen molar-refractivity contribution in [3.63, 3.8) is 0 Å². The molecular formula is C25H29N3O3S. The highest BCUT2D eigenvalue weighted by molar-refractivity contribution is 7.16. The summed E-state index contributed by atoms with van der Waals surface area (Å²) in [6.45, 7) is 4.42. The number of nitrogens with zero attached hydrogens (tertiary/aromatic N) is 2. The highest BCUT2D eigenvalue weighted by Crippen LogP contribution is 2.49. The molecule has 0 saturated carbocycles. The topological polar surface area (TPSA) is 99.6 Å². The largest absolute Gasteiger partial charge is 0.478 e. The van der Waals surface area contributed by atoms with Gasteiger partial charge in [-0.25, -0.2) is 10.7 Å². The van der Waals surface area contributed by atoms with Crippen LogP contribution in [-0.4, -0.2) is 29.3 Å². The highest BCUT2D eigenvalue weighted by Gasteiger charge is 2.42. The summed E-state index contributed by atoms with van der Waals surface area (Å²) in [4.78, 5) is 22.1. The minimum atomic E-state index is -0.873. The van der Waals surface area contributed by atoms with Crippen LogP contribution in [-0.2, 0) is 17.7 Å². The summed E-state index contributed by atoms with van der Waals surface area (Å²) in [5.74, 6) is 4.64. The van der Waals surface area contributed by atoms with E-state index in [2.05, 4.69) is 24.8 Å². The van der Waals surface area contributed by atoms with E-state index in [-0.39, 0.29) is 11.5 Å². The number of nitriles is 1. The lowest BCUT2D eigenvalue weighted by molar-refractivity contribution is 0.0260. The van der Waals surface area contributed by atoms with E-state index in [1.54, 1.807) is 11.3 Å². The Bertz CT molecular complexity index is 1100. The van der Waals surface area contributed by atoms with Gasteiger partial charge in [-0.15, -0.1) is 11.3 Å². The molecule has 3 N–H and O–H groups in total. The Hall–Kier alpha value is -2.40. The van der Waals surface area contributed by atoms with Crippen LogP contribution < -0.4 is 10.8 Å². The van der Waals surface area contributed by atoms with Crippen molar-refractivity contribution < 1.29 is 14.7 Å². The molecule has 6 nitrogen and oxygen atoms in total. The van der Waals surface area contributed by atoms with Gasteiger partial charge >= 0.3 is 5.97 Å². The van der Waals surface area contributed by atoms with Crippen molar-refractivity contribution >= 4 is 23.0 Å². The van der Waals surface area contributed by atoms with E-state index in [1.165, 1.54) is 4.88 Å². The first-order valence-electron chi connectivity index (χ1n) is 11.4. The maximum atomic E-state index is 12.5. The molecule has 2 saturated heterocycles. The van der Waals surface area contributed by atoms with Crippen molar-refractivity contribution in [1.82, 2.24) is 0 Å². The van der Waals surface area contributed by atoms with E-state index in [1.807, 2.05) is 18.2 Å². The number of nitrogens with two attached hydrogens (primary N) is 1. The summed E-state index contributed by atoms with van der Waals surface area (Å²) < 4.78 is 0. The second-order valence-electron chi connectivity index (χ2n) is 10.2. The fourth-order valence-corrected chi connectivity index (χ4v) is 7.31. The number of aryl methyl sites for hydroxylation is 1. The number of carbonyl (C=O) groups is 1. The molecule has 1 aromatic carbocycles. The number of hydrogen-bond acceptors (Lipinski definition) is 6. The van der Waals surface area contributed by atoms with E-state index in [0.717, 1.165) is 66.6 Å². The molecule has 168 valence electrons. The Kier molecular flexibility index (Phi) is 5.28. The molecule has 0 spiro atoms. The minimum Gasteiger partial charge on any atom is -0.478 e. The standard InChI is InChI=1S/C25H29N3O3S/c1-25(2)8-7-21-19(12-25)22(24(29)30)23(32-21)18-9-14(13-26)3-6-20(18)28-15-4-5-16(28)11-17(10-15)31-27/h3,6,9,15-17H,4-5,7-8,10-12,27H2,1-2H3,(H,29,30)/t15-,16+,17+. The van der Waals surface area contributed by atoms with E-state index in [9.17, 15) is 15.2 Å². The van der Waals surface area contributed by atoms with Crippen molar-refractivity contribution in [2.24, 2.45) is 11.3 Å². The zero-order valence-electron chi connectivity index (χ0n) is 18.6. The summed E-state index contributed by atoms with van der Waals surface area (Å²) in [7, 11) is 0. The van der Waals surface area contributed by atoms with Gasteiger partial charge in [0.25, 0.3) is 0 Å². The van der Waals surface area contributed by atoms with Crippen LogP contribution in [0.25, 0.3) is 10.4 Å². The fraction of sp³-hybridized carbons (Fsp3) is 0.520. The Labute approximate surface area is 192 Å². The molecule has 2 fully saturated rings. The van der Waals surface area contributed by atoms with Crippen LogP contribution in [0.1, 0.15) is 72.3 Å². The number of carboxylic acids is 1. The number of rotatable bonds is 4. The predicted molar refractivity (Wildman–Crippen MR) is 125 cm³/mol. The van der Waals surface area contributed by atoms with Gasteiger partial charge in [-0.05, 0) is 74.1 Å². The first-order valence-corrected chi connectivity index (χ1v) is 12.2. The Morgan fingerprint density at radius 2 is 2.03 bits per heavy atom. The molecule has 5 rings (SSSR count). The Morgan fingerprint density at radius 3 is 2.66 bits per heavy atom. The molecule has 3 atom stereocenters. The maximum Gasteiger partial charge on any atom is 0.337 e. The van der Waals surface area contributed by atoms with Crippen molar-refractivity contribution in [3.8, 4) is 16.5 Å². The maximum absolute atomic E-state index is 12.5. The second-order valence-corrected chi connectivity index (χ2v) is 11.3. The first kappa shape index (κ1) is 21.4. The van der Waals surface area contributed by atoms with Gasteiger partial charge in [-0.2, -0.15) is 5.26 Å². The van der Waals surface area contributed by atoms with Crippen LogP contribution in [0.3, 0.4) is 0 Å². The van der Waals surface area contributed by atoms with Crippen LogP contribution in [0.5, 0.6) is 0 Å². The monoisotopic (exact) mass is 451 g/mol. The number of carboxylic acid groups (broad SMARTS) is 1. The fourth-order valence-electron chi connectivity index (χ4n) is 5.98. The van der Waals surface area contributed by atoms with Crippen LogP contribution >= 0.6 is 11.3 Å². The van der Waals surface area contributed by atoms with Gasteiger partial charge in [-0.1, -0.05) is 13.8 Å². The van der Waals surface area contributed by atoms with Gasteiger partial charge in [-0.3, -0.25) is 0 Å². The van der Waals surface area contributed by atoms with Gasteiger partial charge in [0.2, 0.25) is 0 Å². The van der Waals surface area contributed by atoms with Crippen LogP contribution in [0.15, 0.2) is 18.2 Å². The lowest BCUT2D eigenvalue weighted by Crippen LogP contribution is -2.46. The van der Waals surface area contributed by atoms with Gasteiger partial charge in [0.1, 0.15) is 0 Å². The molecule has 1 aliphatic carbocycles. The predicted octanol–water partition coefficient (Wildman–Crippen LogP) is 4.89. The lowest BCUT2D eigenvalue weighted by atomic mass is 9.76. The molecule has 32 heavy (non-hydrogen) atoms. The number of aromatic carboxylic acids is 1. The van der Waals surface area contributed by atoms with Gasteiger partial charge in [0, 0.05) is 28.2 Å². The smallest absolute Gasteiger partial charge is 0.337 e. The van der Waals surface area contributed by atoms with Crippen LogP contribution in [0.2, 0.25) is 0 Å². The second kappa shape index (κ2) is 7.87. The quantitative estimate of drug-likeness (QED) is 0.642. The van der Waals surface area contributed by atoms with Crippen molar-refractivity contribution in [3.05, 3.63) is 39.8 Å². The van der Waals surface area contributed by atoms with Crippen molar-refractivity contribution in [2.45, 2.75) is 77.0 Å². The SMILES string of the molecule is CC1(C)CCc2sc(-c3cc(C#N)ccc3N3[C@@H]4CC[C@H]3C[C@@H](ON)C4)c(C(=O)O)c2C1. The summed E-state index contributed by atoms with van der Waals surface area (Å²) in [6, 6.07) is 8.62. The molecule has 3 aliphatic rings. The third kappa shape index (κ3) is 3.51. The number of anilines is 1. The molecule has 0 amide bonds. The highest BCUT2D eigenvalue weighted by atomic mass is 32.1. The van der Waals surface area contributed by atoms with Gasteiger partial charge in [0.05, 0.1) is 28.2 Å². The normalized spacial score (nSPS) is 25.9. The summed E-state index contributed by atoms with van der Waals surface area (Å²) in [6.07, 6.45) is 6.69.